The first-order chi connectivity index (χ1) is 18.4. The van der Waals surface area contributed by atoms with Gasteiger partial charge in [0.1, 0.15) is 11.2 Å². The van der Waals surface area contributed by atoms with Crippen LogP contribution in [0.3, 0.4) is 0 Å². The van der Waals surface area contributed by atoms with Gasteiger partial charge in [-0.05, 0) is 64.1 Å². The maximum atomic E-state index is 12.9. The number of hydrogen-bond acceptors (Lipinski definition) is 8. The zero-order chi connectivity index (χ0) is 26.8. The molecule has 0 saturated heterocycles. The number of fused-ring (bicyclic) bond motifs is 2. The average Bonchev–Trinajstić information content (AvgIpc) is 2.93. The van der Waals surface area contributed by atoms with Crippen LogP contribution in [-0.2, 0) is 0 Å². The minimum absolute atomic E-state index is 0.275. The predicted octanol–water partition coefficient (Wildman–Crippen LogP) is 5.72. The van der Waals surface area contributed by atoms with E-state index >= 15 is 0 Å². The van der Waals surface area contributed by atoms with Crippen LogP contribution in [0.5, 0.6) is 0 Å². The molecule has 2 aromatic carbocycles. The lowest BCUT2D eigenvalue weighted by Crippen LogP contribution is -2.21. The molecule has 0 aliphatic heterocycles. The third kappa shape index (κ3) is 4.65. The summed E-state index contributed by atoms with van der Waals surface area (Å²) in [5, 5.41) is 1.55. The molecule has 0 radical (unpaired) electrons. The van der Waals surface area contributed by atoms with Crippen LogP contribution in [0.2, 0.25) is 0 Å². The molecular formula is C30H30N4O4. The van der Waals surface area contributed by atoms with Crippen molar-refractivity contribution >= 4 is 33.3 Å². The summed E-state index contributed by atoms with van der Waals surface area (Å²) in [6, 6.07) is 15.1. The van der Waals surface area contributed by atoms with Gasteiger partial charge in [-0.1, -0.05) is 0 Å². The number of hydrogen-bond donors (Lipinski definition) is 0. The molecule has 0 atom stereocenters. The van der Waals surface area contributed by atoms with Crippen molar-refractivity contribution in [2.75, 3.05) is 36.0 Å². The van der Waals surface area contributed by atoms with E-state index in [1.807, 2.05) is 36.4 Å². The molecule has 8 heteroatoms. The lowest BCUT2D eigenvalue weighted by molar-refractivity contribution is 0.562. The van der Waals surface area contributed by atoms with Crippen LogP contribution in [0.1, 0.15) is 27.7 Å². The highest BCUT2D eigenvalue weighted by Crippen LogP contribution is 2.27. The van der Waals surface area contributed by atoms with Crippen LogP contribution in [0, 0.1) is 0 Å². The number of anilines is 2. The van der Waals surface area contributed by atoms with E-state index in [1.54, 1.807) is 12.1 Å². The molecule has 0 bridgehead atoms. The summed E-state index contributed by atoms with van der Waals surface area (Å²) in [5.41, 5.74) is 3.15. The summed E-state index contributed by atoms with van der Waals surface area (Å²) in [5.74, 6) is 0. The zero-order valence-corrected chi connectivity index (χ0v) is 22.0. The molecule has 3 aromatic heterocycles. The molecule has 0 saturated carbocycles. The van der Waals surface area contributed by atoms with Crippen molar-refractivity contribution in [3.63, 3.8) is 0 Å². The molecule has 3 heterocycles. The molecule has 0 spiro atoms. The summed E-state index contributed by atoms with van der Waals surface area (Å²) in [6.45, 7) is 11.7. The molecule has 0 N–H and O–H groups in total. The van der Waals surface area contributed by atoms with Crippen molar-refractivity contribution in [3.05, 3.63) is 81.8 Å². The molecule has 0 aliphatic rings. The second kappa shape index (κ2) is 10.5. The van der Waals surface area contributed by atoms with Crippen LogP contribution in [0.4, 0.5) is 11.4 Å². The first-order valence-corrected chi connectivity index (χ1v) is 12.9. The van der Waals surface area contributed by atoms with E-state index in [0.717, 1.165) is 48.3 Å². The Morgan fingerprint density at radius 3 is 1.45 bits per heavy atom. The number of rotatable bonds is 8. The Bertz CT molecular complexity index is 1610. The third-order valence-electron chi connectivity index (χ3n) is 6.88. The summed E-state index contributed by atoms with van der Waals surface area (Å²) in [6.07, 6.45) is 2.98. The Morgan fingerprint density at radius 2 is 1.05 bits per heavy atom. The second-order valence-electron chi connectivity index (χ2n) is 8.97. The van der Waals surface area contributed by atoms with Crippen molar-refractivity contribution in [2.45, 2.75) is 27.7 Å². The highest BCUT2D eigenvalue weighted by atomic mass is 16.4. The molecule has 0 fully saturated rings. The van der Waals surface area contributed by atoms with E-state index in [-0.39, 0.29) is 11.1 Å². The maximum absolute atomic E-state index is 12.9. The molecule has 5 aromatic rings. The standard InChI is InChI=1S/C30H30N4O4/c1-5-33(6-2)21-11-9-19-13-23(29(35)37-27(19)15-21)25-17-31-18-26(32-25)24-14-20-10-12-22(34(7-3)8-4)16-28(20)38-30(24)36/h9-18H,5-8H2,1-4H3. The van der Waals surface area contributed by atoms with Gasteiger partial charge in [-0.15, -0.1) is 0 Å². The van der Waals surface area contributed by atoms with Crippen LogP contribution in [0.15, 0.2) is 79.3 Å². The van der Waals surface area contributed by atoms with Crippen molar-refractivity contribution < 1.29 is 8.83 Å². The minimum Gasteiger partial charge on any atom is -0.422 e. The Hall–Kier alpha value is -4.46. The van der Waals surface area contributed by atoms with Gasteiger partial charge in [0.05, 0.1) is 34.9 Å². The summed E-state index contributed by atoms with van der Waals surface area (Å²) >= 11 is 0. The Labute approximate surface area is 220 Å². The van der Waals surface area contributed by atoms with Crippen LogP contribution in [0.25, 0.3) is 44.5 Å². The van der Waals surface area contributed by atoms with Gasteiger partial charge in [-0.25, -0.2) is 14.6 Å². The van der Waals surface area contributed by atoms with Crippen LogP contribution in [-0.4, -0.2) is 36.1 Å². The fraction of sp³-hybridized carbons (Fsp3) is 0.267. The second-order valence-corrected chi connectivity index (χ2v) is 8.97. The summed E-state index contributed by atoms with van der Waals surface area (Å²) < 4.78 is 11.3. The fourth-order valence-corrected chi connectivity index (χ4v) is 4.75. The van der Waals surface area contributed by atoms with Gasteiger partial charge >= 0.3 is 11.3 Å². The van der Waals surface area contributed by atoms with Gasteiger partial charge in [0.25, 0.3) is 0 Å². The predicted molar refractivity (Wildman–Crippen MR) is 152 cm³/mol. The fourth-order valence-electron chi connectivity index (χ4n) is 4.75. The van der Waals surface area contributed by atoms with Crippen molar-refractivity contribution in [1.29, 1.82) is 0 Å². The first kappa shape index (κ1) is 25.2. The average molecular weight is 511 g/mol. The molecule has 38 heavy (non-hydrogen) atoms. The SMILES string of the molecule is CCN(CC)c1ccc2cc(-c3cncc(-c4cc5ccc(N(CC)CC)cc5oc4=O)n3)c(=O)oc2c1. The first-order valence-electron chi connectivity index (χ1n) is 12.9. The number of benzene rings is 2. The van der Waals surface area contributed by atoms with Gasteiger partial charge in [0.2, 0.25) is 0 Å². The summed E-state index contributed by atoms with van der Waals surface area (Å²) in [4.78, 5) is 39.1. The maximum Gasteiger partial charge on any atom is 0.345 e. The van der Waals surface area contributed by atoms with Gasteiger partial charge < -0.3 is 18.6 Å². The Balaban J connectivity index is 1.54. The highest BCUT2D eigenvalue weighted by Gasteiger charge is 2.15. The molecule has 5 rings (SSSR count). The zero-order valence-electron chi connectivity index (χ0n) is 22.0. The van der Waals surface area contributed by atoms with Gasteiger partial charge in [-0.2, -0.15) is 0 Å². The molecule has 0 amide bonds. The van der Waals surface area contributed by atoms with Crippen molar-refractivity contribution in [3.8, 4) is 22.5 Å². The Kier molecular flexibility index (Phi) is 6.96. The van der Waals surface area contributed by atoms with E-state index in [1.165, 1.54) is 12.4 Å². The normalized spacial score (nSPS) is 11.3. The van der Waals surface area contributed by atoms with Gasteiger partial charge in [-0.3, -0.25) is 4.98 Å². The van der Waals surface area contributed by atoms with E-state index < -0.39 is 11.3 Å². The lowest BCUT2D eigenvalue weighted by atomic mass is 10.1. The molecular weight excluding hydrogens is 480 g/mol. The molecule has 194 valence electrons. The molecule has 8 nitrogen and oxygen atoms in total. The Morgan fingerprint density at radius 1 is 0.632 bits per heavy atom. The molecule has 0 aliphatic carbocycles. The third-order valence-corrected chi connectivity index (χ3v) is 6.88. The van der Waals surface area contributed by atoms with Crippen molar-refractivity contribution in [2.24, 2.45) is 0 Å². The van der Waals surface area contributed by atoms with E-state index in [9.17, 15) is 9.59 Å². The monoisotopic (exact) mass is 510 g/mol. The topological polar surface area (TPSA) is 92.7 Å². The lowest BCUT2D eigenvalue weighted by Gasteiger charge is -2.21. The van der Waals surface area contributed by atoms with E-state index in [4.69, 9.17) is 8.83 Å². The quantitative estimate of drug-likeness (QED) is 0.245. The number of nitrogens with zero attached hydrogens (tertiary/aromatic N) is 4. The summed E-state index contributed by atoms with van der Waals surface area (Å²) in [7, 11) is 0. The van der Waals surface area contributed by atoms with Gasteiger partial charge in [0.15, 0.2) is 0 Å². The van der Waals surface area contributed by atoms with Crippen LogP contribution >= 0.6 is 0 Å². The van der Waals surface area contributed by atoms with E-state index in [0.29, 0.717) is 22.6 Å². The largest absolute Gasteiger partial charge is 0.422 e. The van der Waals surface area contributed by atoms with Crippen LogP contribution < -0.4 is 21.1 Å². The minimum atomic E-state index is -0.518. The molecule has 0 unspecified atom stereocenters. The highest BCUT2D eigenvalue weighted by molar-refractivity contribution is 5.85. The van der Waals surface area contributed by atoms with Crippen molar-refractivity contribution in [1.82, 2.24) is 9.97 Å². The smallest absolute Gasteiger partial charge is 0.345 e. The van der Waals surface area contributed by atoms with E-state index in [2.05, 4.69) is 47.5 Å². The number of aromatic nitrogens is 2. The van der Waals surface area contributed by atoms with Gasteiger partial charge in [0, 0.05) is 60.5 Å².